The fourth-order valence-corrected chi connectivity index (χ4v) is 3.39. The van der Waals surface area contributed by atoms with Crippen LogP contribution in [0.15, 0.2) is 0 Å². The van der Waals surface area contributed by atoms with Crippen LogP contribution in [0.1, 0.15) is 44.9 Å². The number of carbonyl (C=O) groups excluding carboxylic acids is 2. The summed E-state index contributed by atoms with van der Waals surface area (Å²) in [4.78, 5) is 25.9. The number of rotatable bonds is 5. The molecule has 23 heavy (non-hydrogen) atoms. The predicted octanol–water partition coefficient (Wildman–Crippen LogP) is 0.583. The molecule has 4 N–H and O–H groups in total. The van der Waals surface area contributed by atoms with Crippen LogP contribution in [0.5, 0.6) is 0 Å². The summed E-state index contributed by atoms with van der Waals surface area (Å²) in [6.07, 6.45) is 7.38. The maximum atomic E-state index is 12.1. The average Bonchev–Trinajstić information content (AvgIpc) is 2.56. The Morgan fingerprint density at radius 1 is 1.09 bits per heavy atom. The van der Waals surface area contributed by atoms with E-state index in [4.69, 9.17) is 10.5 Å². The molecule has 3 amide bonds. The summed E-state index contributed by atoms with van der Waals surface area (Å²) in [5, 5.41) is 6.10. The van der Waals surface area contributed by atoms with Gasteiger partial charge in [0.25, 0.3) is 0 Å². The predicted molar refractivity (Wildman–Crippen MR) is 88.0 cm³/mol. The zero-order valence-corrected chi connectivity index (χ0v) is 14.1. The van der Waals surface area contributed by atoms with E-state index in [1.165, 1.54) is 26.4 Å². The van der Waals surface area contributed by atoms with Gasteiger partial charge in [-0.05, 0) is 25.7 Å². The van der Waals surface area contributed by atoms with Gasteiger partial charge in [0, 0.05) is 32.3 Å². The van der Waals surface area contributed by atoms with Crippen molar-refractivity contribution in [3.63, 3.8) is 0 Å². The van der Waals surface area contributed by atoms with Crippen LogP contribution in [0.4, 0.5) is 4.79 Å². The lowest BCUT2D eigenvalue weighted by molar-refractivity contribution is -0.134. The van der Waals surface area contributed by atoms with Gasteiger partial charge in [0.1, 0.15) is 6.04 Å². The van der Waals surface area contributed by atoms with Gasteiger partial charge in [-0.25, -0.2) is 4.79 Å². The summed E-state index contributed by atoms with van der Waals surface area (Å²) in [5.74, 6) is -0.0723. The Kier molecular flexibility index (Phi) is 7.11. The number of ether oxygens (including phenoxy) is 1. The molecular formula is C16H30N4O3. The first-order chi connectivity index (χ1) is 11.1. The molecule has 0 radical (unpaired) electrons. The Labute approximate surface area is 138 Å². The van der Waals surface area contributed by atoms with Gasteiger partial charge in [-0.15, -0.1) is 0 Å². The van der Waals surface area contributed by atoms with Crippen LogP contribution in [-0.2, 0) is 9.53 Å². The zero-order valence-electron chi connectivity index (χ0n) is 14.1. The van der Waals surface area contributed by atoms with E-state index >= 15 is 0 Å². The van der Waals surface area contributed by atoms with Crippen molar-refractivity contribution in [2.75, 3.05) is 26.8 Å². The topological polar surface area (TPSA) is 96.7 Å². The summed E-state index contributed by atoms with van der Waals surface area (Å²) in [6.45, 7) is 1.50. The van der Waals surface area contributed by atoms with Crippen LogP contribution in [-0.4, -0.2) is 61.8 Å². The molecule has 2 rings (SSSR count). The van der Waals surface area contributed by atoms with E-state index in [0.29, 0.717) is 19.1 Å². The molecule has 2 fully saturated rings. The molecule has 0 spiro atoms. The van der Waals surface area contributed by atoms with E-state index < -0.39 is 6.04 Å². The smallest absolute Gasteiger partial charge is 0.315 e. The van der Waals surface area contributed by atoms with Crippen molar-refractivity contribution >= 4 is 11.9 Å². The highest BCUT2D eigenvalue weighted by Crippen LogP contribution is 2.17. The lowest BCUT2D eigenvalue weighted by atomic mass is 9.96. The molecular weight excluding hydrogens is 296 g/mol. The van der Waals surface area contributed by atoms with Crippen LogP contribution in [0.3, 0.4) is 0 Å². The number of urea groups is 1. The standard InChI is InChI=1S/C16H30N4O3/c1-23-11-14(17)15(21)20-9-7-13(8-10-20)19-16(22)18-12-5-3-2-4-6-12/h12-14H,2-11,17H2,1H3,(H2,18,19,22). The van der Waals surface area contributed by atoms with Crippen molar-refractivity contribution in [3.8, 4) is 0 Å². The zero-order chi connectivity index (χ0) is 16.7. The summed E-state index contributed by atoms with van der Waals surface area (Å²) in [6, 6.07) is -0.226. The van der Waals surface area contributed by atoms with Gasteiger partial charge in [-0.3, -0.25) is 4.79 Å². The second kappa shape index (κ2) is 9.08. The highest BCUT2D eigenvalue weighted by Gasteiger charge is 2.27. The molecule has 1 aliphatic heterocycles. The Balaban J connectivity index is 1.67. The van der Waals surface area contributed by atoms with Crippen LogP contribution in [0.25, 0.3) is 0 Å². The van der Waals surface area contributed by atoms with Crippen LogP contribution < -0.4 is 16.4 Å². The molecule has 1 atom stereocenters. The van der Waals surface area contributed by atoms with Gasteiger partial charge in [0.15, 0.2) is 0 Å². The fourth-order valence-electron chi connectivity index (χ4n) is 3.39. The van der Waals surface area contributed by atoms with E-state index in [0.717, 1.165) is 25.7 Å². The first-order valence-corrected chi connectivity index (χ1v) is 8.70. The van der Waals surface area contributed by atoms with Crippen molar-refractivity contribution in [1.29, 1.82) is 0 Å². The normalized spacial score (nSPS) is 21.7. The van der Waals surface area contributed by atoms with Gasteiger partial charge in [0.05, 0.1) is 6.61 Å². The summed E-state index contributed by atoms with van der Waals surface area (Å²) in [5.41, 5.74) is 5.78. The monoisotopic (exact) mass is 326 g/mol. The number of hydrogen-bond donors (Lipinski definition) is 3. The van der Waals surface area contributed by atoms with Crippen LogP contribution >= 0.6 is 0 Å². The summed E-state index contributed by atoms with van der Waals surface area (Å²) < 4.78 is 4.92. The van der Waals surface area contributed by atoms with Gasteiger partial charge < -0.3 is 26.0 Å². The van der Waals surface area contributed by atoms with E-state index in [1.807, 2.05) is 0 Å². The SMILES string of the molecule is COCC(N)C(=O)N1CCC(NC(=O)NC2CCCCC2)CC1. The Hall–Kier alpha value is -1.34. The second-order valence-electron chi connectivity index (χ2n) is 6.61. The molecule has 1 saturated carbocycles. The number of hydrogen-bond acceptors (Lipinski definition) is 4. The molecule has 1 aliphatic carbocycles. The lowest BCUT2D eigenvalue weighted by Crippen LogP contribution is -2.53. The molecule has 1 saturated heterocycles. The number of nitrogens with zero attached hydrogens (tertiary/aromatic N) is 1. The average molecular weight is 326 g/mol. The summed E-state index contributed by atoms with van der Waals surface area (Å²) in [7, 11) is 1.54. The third-order valence-electron chi connectivity index (χ3n) is 4.75. The molecule has 1 unspecified atom stereocenters. The van der Waals surface area contributed by atoms with Crippen molar-refractivity contribution in [3.05, 3.63) is 0 Å². The number of piperidine rings is 1. The summed E-state index contributed by atoms with van der Waals surface area (Å²) >= 11 is 0. The minimum absolute atomic E-state index is 0.0715. The number of carbonyl (C=O) groups is 2. The quantitative estimate of drug-likeness (QED) is 0.688. The van der Waals surface area contributed by atoms with Gasteiger partial charge in [-0.1, -0.05) is 19.3 Å². The van der Waals surface area contributed by atoms with Gasteiger partial charge >= 0.3 is 6.03 Å². The number of likely N-dealkylation sites (tertiary alicyclic amines) is 1. The maximum Gasteiger partial charge on any atom is 0.315 e. The maximum absolute atomic E-state index is 12.1. The highest BCUT2D eigenvalue weighted by atomic mass is 16.5. The molecule has 0 bridgehead atoms. The molecule has 0 aromatic carbocycles. The lowest BCUT2D eigenvalue weighted by Gasteiger charge is -2.34. The highest BCUT2D eigenvalue weighted by molar-refractivity contribution is 5.82. The second-order valence-corrected chi connectivity index (χ2v) is 6.61. The van der Waals surface area contributed by atoms with Crippen molar-refractivity contribution in [1.82, 2.24) is 15.5 Å². The largest absolute Gasteiger partial charge is 0.383 e. The van der Waals surface area contributed by atoms with Gasteiger partial charge in [-0.2, -0.15) is 0 Å². The first kappa shape index (κ1) is 18.0. The minimum Gasteiger partial charge on any atom is -0.383 e. The number of nitrogens with two attached hydrogens (primary N) is 1. The van der Waals surface area contributed by atoms with Crippen molar-refractivity contribution in [2.24, 2.45) is 5.73 Å². The fraction of sp³-hybridized carbons (Fsp3) is 0.875. The van der Waals surface area contributed by atoms with Gasteiger partial charge in [0.2, 0.25) is 5.91 Å². The van der Waals surface area contributed by atoms with E-state index in [2.05, 4.69) is 10.6 Å². The third-order valence-corrected chi connectivity index (χ3v) is 4.75. The Morgan fingerprint density at radius 3 is 2.22 bits per heavy atom. The molecule has 7 heteroatoms. The van der Waals surface area contributed by atoms with Crippen molar-refractivity contribution in [2.45, 2.75) is 63.1 Å². The molecule has 1 heterocycles. The van der Waals surface area contributed by atoms with E-state index in [9.17, 15) is 9.59 Å². The molecule has 2 aliphatic rings. The molecule has 7 nitrogen and oxygen atoms in total. The third kappa shape index (κ3) is 5.66. The number of methoxy groups -OCH3 is 1. The number of amides is 3. The van der Waals surface area contributed by atoms with Crippen LogP contribution in [0.2, 0.25) is 0 Å². The minimum atomic E-state index is -0.598. The Morgan fingerprint density at radius 2 is 1.65 bits per heavy atom. The van der Waals surface area contributed by atoms with Crippen LogP contribution in [0, 0.1) is 0 Å². The molecule has 132 valence electrons. The Bertz CT molecular complexity index is 391. The first-order valence-electron chi connectivity index (χ1n) is 8.70. The molecule has 0 aromatic heterocycles. The van der Waals surface area contributed by atoms with Crippen molar-refractivity contribution < 1.29 is 14.3 Å². The number of nitrogens with one attached hydrogen (secondary N) is 2. The van der Waals surface area contributed by atoms with E-state index in [-0.39, 0.29) is 24.6 Å². The van der Waals surface area contributed by atoms with E-state index in [1.54, 1.807) is 4.90 Å². The molecule has 0 aromatic rings.